The minimum atomic E-state index is -0.743. The molecule has 2 heterocycles. The Kier molecular flexibility index (Phi) is 7.93. The van der Waals surface area contributed by atoms with E-state index in [0.29, 0.717) is 6.54 Å². The molecule has 1 aromatic carbocycles. The fourth-order valence-electron chi connectivity index (χ4n) is 4.12. The van der Waals surface area contributed by atoms with Gasteiger partial charge in [-0.1, -0.05) is 43.7 Å². The van der Waals surface area contributed by atoms with E-state index in [4.69, 9.17) is 10.5 Å². The average Bonchev–Trinajstić information content (AvgIpc) is 3.14. The van der Waals surface area contributed by atoms with E-state index in [1.54, 1.807) is 4.90 Å². The lowest BCUT2D eigenvalue weighted by molar-refractivity contribution is -0.128. The van der Waals surface area contributed by atoms with Crippen LogP contribution in [0, 0.1) is 18.8 Å². The highest BCUT2D eigenvalue weighted by molar-refractivity contribution is 6.00. The third kappa shape index (κ3) is 5.56. The number of anilines is 2. The third-order valence-electron chi connectivity index (χ3n) is 5.87. The summed E-state index contributed by atoms with van der Waals surface area (Å²) >= 11 is 0. The molecular formula is C24H33N5O5. The number of ether oxygens (including phenoxy) is 1. The number of hydrogen-bond donors (Lipinski definition) is 2. The van der Waals surface area contributed by atoms with Gasteiger partial charge in [-0.25, -0.2) is 4.79 Å². The number of nitrogens with zero attached hydrogens (tertiary/aromatic N) is 3. The molecule has 2 aromatic rings. The van der Waals surface area contributed by atoms with Crippen molar-refractivity contribution in [3.8, 4) is 0 Å². The van der Waals surface area contributed by atoms with Gasteiger partial charge in [0.15, 0.2) is 5.69 Å². The number of likely N-dealkylation sites (tertiary alicyclic amines) is 1. The average molecular weight is 472 g/mol. The number of nitrogens with one attached hydrogen (secondary N) is 1. The summed E-state index contributed by atoms with van der Waals surface area (Å²) in [4.78, 5) is 56.5. The van der Waals surface area contributed by atoms with Crippen LogP contribution in [0.2, 0.25) is 0 Å². The highest BCUT2D eigenvalue weighted by Gasteiger charge is 2.38. The summed E-state index contributed by atoms with van der Waals surface area (Å²) < 4.78 is 6.40. The van der Waals surface area contributed by atoms with Crippen molar-refractivity contribution >= 4 is 23.3 Å². The summed E-state index contributed by atoms with van der Waals surface area (Å²) in [5.41, 5.74) is 6.88. The summed E-state index contributed by atoms with van der Waals surface area (Å²) in [7, 11) is 1.48. The van der Waals surface area contributed by atoms with Crippen molar-refractivity contribution < 1.29 is 14.3 Å². The zero-order valence-electron chi connectivity index (χ0n) is 20.2. The lowest BCUT2D eigenvalue weighted by atomic mass is 10.1. The number of amides is 2. The van der Waals surface area contributed by atoms with Gasteiger partial charge in [0.05, 0.1) is 12.5 Å². The Morgan fingerprint density at radius 1 is 1.24 bits per heavy atom. The number of carbonyl (C=O) groups is 2. The van der Waals surface area contributed by atoms with Crippen LogP contribution in [-0.4, -0.2) is 53.1 Å². The lowest BCUT2D eigenvalue weighted by Gasteiger charge is -2.27. The van der Waals surface area contributed by atoms with Gasteiger partial charge in [0.1, 0.15) is 5.82 Å². The van der Waals surface area contributed by atoms with Gasteiger partial charge in [-0.3, -0.25) is 23.9 Å². The van der Waals surface area contributed by atoms with Crippen LogP contribution in [0.15, 0.2) is 33.9 Å². The molecule has 0 spiro atoms. The van der Waals surface area contributed by atoms with Gasteiger partial charge in [0.2, 0.25) is 11.8 Å². The number of methoxy groups -OCH3 is 1. The molecule has 1 saturated heterocycles. The van der Waals surface area contributed by atoms with Crippen LogP contribution in [0.25, 0.3) is 0 Å². The van der Waals surface area contributed by atoms with Crippen LogP contribution in [-0.2, 0) is 27.4 Å². The van der Waals surface area contributed by atoms with Crippen molar-refractivity contribution in [3.05, 3.63) is 56.2 Å². The maximum atomic E-state index is 13.6. The highest BCUT2D eigenvalue weighted by atomic mass is 16.5. The van der Waals surface area contributed by atoms with E-state index >= 15 is 0 Å². The van der Waals surface area contributed by atoms with Gasteiger partial charge in [-0.15, -0.1) is 0 Å². The zero-order valence-corrected chi connectivity index (χ0v) is 20.2. The highest BCUT2D eigenvalue weighted by Crippen LogP contribution is 2.26. The smallest absolute Gasteiger partial charge is 0.330 e. The van der Waals surface area contributed by atoms with Crippen molar-refractivity contribution in [2.75, 3.05) is 37.4 Å². The Morgan fingerprint density at radius 2 is 1.91 bits per heavy atom. The van der Waals surface area contributed by atoms with Gasteiger partial charge in [0, 0.05) is 39.7 Å². The molecule has 0 saturated carbocycles. The molecule has 1 aliphatic heterocycles. The number of aryl methyl sites for hydroxylation is 1. The monoisotopic (exact) mass is 471 g/mol. The normalized spacial score (nSPS) is 15.9. The fourth-order valence-corrected chi connectivity index (χ4v) is 4.12. The van der Waals surface area contributed by atoms with E-state index in [1.165, 1.54) is 16.6 Å². The minimum Gasteiger partial charge on any atom is -0.383 e. The molecule has 3 rings (SSSR count). The van der Waals surface area contributed by atoms with Crippen molar-refractivity contribution in [2.45, 2.75) is 40.3 Å². The number of nitrogens with two attached hydrogens (primary N) is 1. The molecule has 2 amide bonds. The van der Waals surface area contributed by atoms with E-state index in [-0.39, 0.29) is 56.0 Å². The predicted molar refractivity (Wildman–Crippen MR) is 130 cm³/mol. The summed E-state index contributed by atoms with van der Waals surface area (Å²) in [5, 5.41) is 0. The molecular weight excluding hydrogens is 438 g/mol. The topological polar surface area (TPSA) is 131 Å². The first-order chi connectivity index (χ1) is 16.1. The molecule has 0 unspecified atom stereocenters. The summed E-state index contributed by atoms with van der Waals surface area (Å²) in [5.74, 6) is -1.16. The van der Waals surface area contributed by atoms with Crippen LogP contribution >= 0.6 is 0 Å². The summed E-state index contributed by atoms with van der Waals surface area (Å²) in [6.07, 6.45) is 0.0393. The van der Waals surface area contributed by atoms with Gasteiger partial charge < -0.3 is 20.3 Å². The molecule has 10 heteroatoms. The van der Waals surface area contributed by atoms with Crippen molar-refractivity contribution in [1.82, 2.24) is 14.5 Å². The van der Waals surface area contributed by atoms with Gasteiger partial charge in [-0.05, 0) is 18.4 Å². The second kappa shape index (κ2) is 10.7. The Morgan fingerprint density at radius 3 is 2.53 bits per heavy atom. The molecule has 184 valence electrons. The molecule has 1 fully saturated rings. The van der Waals surface area contributed by atoms with E-state index in [1.807, 2.05) is 45.0 Å². The number of nitrogen functional groups attached to an aromatic ring is 1. The molecule has 0 radical (unpaired) electrons. The standard InChI is InChI=1S/C24H33N5O5/c1-15(2)12-29-21(25)20(22(31)26-24(29)33)28(9-10-34-4)23(32)18-11-19(30)27(14-18)13-17-7-5-16(3)6-8-17/h5-8,15,18H,9-14,25H2,1-4H3,(H,26,31,33)/t18-/m1/s1. The number of aromatic amines is 1. The van der Waals surface area contributed by atoms with Crippen LogP contribution in [0.4, 0.5) is 11.5 Å². The first-order valence-electron chi connectivity index (χ1n) is 11.4. The number of benzene rings is 1. The Bertz CT molecular complexity index is 1150. The molecule has 0 bridgehead atoms. The van der Waals surface area contributed by atoms with Crippen LogP contribution in [0.1, 0.15) is 31.4 Å². The number of aromatic nitrogens is 2. The molecule has 1 atom stereocenters. The van der Waals surface area contributed by atoms with E-state index in [9.17, 15) is 19.2 Å². The number of hydrogen-bond acceptors (Lipinski definition) is 6. The maximum absolute atomic E-state index is 13.6. The van der Waals surface area contributed by atoms with Crippen molar-refractivity contribution in [3.63, 3.8) is 0 Å². The van der Waals surface area contributed by atoms with Crippen LogP contribution < -0.4 is 21.9 Å². The van der Waals surface area contributed by atoms with Gasteiger partial charge >= 0.3 is 5.69 Å². The van der Waals surface area contributed by atoms with Crippen LogP contribution in [0.3, 0.4) is 0 Å². The predicted octanol–water partition coefficient (Wildman–Crippen LogP) is 1.11. The zero-order chi connectivity index (χ0) is 25.0. The summed E-state index contributed by atoms with van der Waals surface area (Å²) in [6, 6.07) is 7.87. The Hall–Kier alpha value is -3.40. The van der Waals surface area contributed by atoms with Crippen molar-refractivity contribution in [1.29, 1.82) is 0 Å². The third-order valence-corrected chi connectivity index (χ3v) is 5.87. The molecule has 0 aliphatic carbocycles. The van der Waals surface area contributed by atoms with Crippen LogP contribution in [0.5, 0.6) is 0 Å². The first kappa shape index (κ1) is 25.2. The maximum Gasteiger partial charge on any atom is 0.330 e. The quantitative estimate of drug-likeness (QED) is 0.563. The van der Waals surface area contributed by atoms with E-state index in [0.717, 1.165) is 11.1 Å². The fraction of sp³-hybridized carbons (Fsp3) is 0.500. The number of H-pyrrole nitrogens is 1. The molecule has 3 N–H and O–H groups in total. The van der Waals surface area contributed by atoms with E-state index < -0.39 is 23.1 Å². The molecule has 1 aromatic heterocycles. The number of rotatable bonds is 9. The van der Waals surface area contributed by atoms with E-state index in [2.05, 4.69) is 4.98 Å². The second-order valence-electron chi connectivity index (χ2n) is 9.14. The lowest BCUT2D eigenvalue weighted by Crippen LogP contribution is -2.45. The van der Waals surface area contributed by atoms with Gasteiger partial charge in [-0.2, -0.15) is 0 Å². The molecule has 1 aliphatic rings. The molecule has 10 nitrogen and oxygen atoms in total. The first-order valence-corrected chi connectivity index (χ1v) is 11.4. The Labute approximate surface area is 198 Å². The minimum absolute atomic E-state index is 0.0393. The largest absolute Gasteiger partial charge is 0.383 e. The molecule has 34 heavy (non-hydrogen) atoms. The SMILES string of the molecule is COCCN(C(=O)[C@@H]1CC(=O)N(Cc2ccc(C)cc2)C1)c1c(N)n(CC(C)C)c(=O)[nH]c1=O. The van der Waals surface area contributed by atoms with Crippen molar-refractivity contribution in [2.24, 2.45) is 11.8 Å². The second-order valence-corrected chi connectivity index (χ2v) is 9.14. The number of carbonyl (C=O) groups excluding carboxylic acids is 2. The summed E-state index contributed by atoms with van der Waals surface area (Å²) in [6.45, 7) is 6.96. The van der Waals surface area contributed by atoms with Gasteiger partial charge in [0.25, 0.3) is 5.56 Å². The Balaban J connectivity index is 1.89.